The molecule has 0 N–H and O–H groups in total. The molecule has 0 radical (unpaired) electrons. The van der Waals surface area contributed by atoms with Crippen LogP contribution in [0.25, 0.3) is 0 Å². The van der Waals surface area contributed by atoms with Gasteiger partial charge in [-0.15, -0.1) is 0 Å². The summed E-state index contributed by atoms with van der Waals surface area (Å²) < 4.78 is 0. The second-order valence-electron chi connectivity index (χ2n) is 4.50. The van der Waals surface area contributed by atoms with Gasteiger partial charge in [-0.05, 0) is 33.2 Å². The number of benzene rings is 1. The highest BCUT2D eigenvalue weighted by Crippen LogP contribution is 2.22. The van der Waals surface area contributed by atoms with Crippen molar-refractivity contribution in [2.75, 3.05) is 14.1 Å². The summed E-state index contributed by atoms with van der Waals surface area (Å²) >= 11 is 0. The van der Waals surface area contributed by atoms with Crippen molar-refractivity contribution >= 4 is 17.8 Å². The molecule has 1 atom stereocenters. The summed E-state index contributed by atoms with van der Waals surface area (Å²) in [6.07, 6.45) is 0. The van der Waals surface area contributed by atoms with Crippen molar-refractivity contribution in [3.63, 3.8) is 0 Å². The molecule has 2 rings (SSSR count). The minimum absolute atomic E-state index is 0.248. The number of fused-ring (bicyclic) bond motifs is 1. The van der Waals surface area contributed by atoms with Gasteiger partial charge in [0.15, 0.2) is 0 Å². The van der Waals surface area contributed by atoms with E-state index in [1.165, 1.54) is 12.1 Å². The first-order chi connectivity index (χ1) is 8.93. The summed E-state index contributed by atoms with van der Waals surface area (Å²) in [6.45, 7) is 1.63. The Morgan fingerprint density at radius 1 is 1.16 bits per heavy atom. The summed E-state index contributed by atoms with van der Waals surface area (Å²) in [5, 5.41) is 0.521. The lowest BCUT2D eigenvalue weighted by atomic mass is 10.1. The minimum atomic E-state index is -0.653. The highest BCUT2D eigenvalue weighted by Gasteiger charge is 2.39. The molecule has 1 aromatic carbocycles. The molecule has 1 aliphatic rings. The van der Waals surface area contributed by atoms with E-state index in [0.29, 0.717) is 5.06 Å². The van der Waals surface area contributed by atoms with E-state index < -0.39 is 23.8 Å². The minimum Gasteiger partial charge on any atom is -0.328 e. The Kier molecular flexibility index (Phi) is 3.35. The van der Waals surface area contributed by atoms with Gasteiger partial charge in [-0.3, -0.25) is 14.5 Å². The van der Waals surface area contributed by atoms with E-state index in [1.807, 2.05) is 0 Å². The van der Waals surface area contributed by atoms with Gasteiger partial charge in [0.2, 0.25) is 0 Å². The highest BCUT2D eigenvalue weighted by molar-refractivity contribution is 6.20. The molecule has 6 heteroatoms. The molecular weight excluding hydrogens is 248 g/mol. The topological polar surface area (TPSA) is 66.9 Å². The smallest absolute Gasteiger partial charge is 0.328 e. The van der Waals surface area contributed by atoms with Crippen LogP contribution in [0, 0.1) is 0 Å². The number of carbonyl (C=O) groups is 3. The first-order valence-corrected chi connectivity index (χ1v) is 5.79. The fourth-order valence-corrected chi connectivity index (χ4v) is 1.63. The Bertz CT molecular complexity index is 518. The Balaban J connectivity index is 2.19. The molecule has 0 unspecified atom stereocenters. The standard InChI is InChI=1S/C13H14N2O4/c1-8(14(2)3)13(18)19-15-11(16)9-6-4-5-7-10(9)12(15)17/h4-8H,1-3H3/t8-/m1/s1. The second kappa shape index (κ2) is 4.81. The van der Waals surface area contributed by atoms with E-state index in [4.69, 9.17) is 4.84 Å². The predicted molar refractivity (Wildman–Crippen MR) is 66.2 cm³/mol. The number of amides is 2. The monoisotopic (exact) mass is 262 g/mol. The molecule has 0 spiro atoms. The van der Waals surface area contributed by atoms with Crippen molar-refractivity contribution in [2.45, 2.75) is 13.0 Å². The van der Waals surface area contributed by atoms with Crippen molar-refractivity contribution in [3.8, 4) is 0 Å². The van der Waals surface area contributed by atoms with Crippen molar-refractivity contribution in [1.82, 2.24) is 9.96 Å². The van der Waals surface area contributed by atoms with Crippen molar-refractivity contribution in [2.24, 2.45) is 0 Å². The van der Waals surface area contributed by atoms with Crippen LogP contribution in [-0.2, 0) is 9.63 Å². The zero-order valence-electron chi connectivity index (χ0n) is 10.9. The van der Waals surface area contributed by atoms with Gasteiger partial charge in [-0.1, -0.05) is 17.2 Å². The van der Waals surface area contributed by atoms with Gasteiger partial charge < -0.3 is 4.84 Å². The summed E-state index contributed by atoms with van der Waals surface area (Å²) in [5.74, 6) is -1.88. The molecule has 0 bridgehead atoms. The van der Waals surface area contributed by atoms with Crippen LogP contribution in [0.2, 0.25) is 0 Å². The number of hydrogen-bond acceptors (Lipinski definition) is 5. The number of hydrogen-bond donors (Lipinski definition) is 0. The third-order valence-corrected chi connectivity index (χ3v) is 3.05. The zero-order chi connectivity index (χ0) is 14.2. The van der Waals surface area contributed by atoms with E-state index in [2.05, 4.69) is 0 Å². The van der Waals surface area contributed by atoms with E-state index in [0.717, 1.165) is 0 Å². The normalized spacial score (nSPS) is 15.7. The summed E-state index contributed by atoms with van der Waals surface area (Å²) in [4.78, 5) is 42.2. The lowest BCUT2D eigenvalue weighted by Gasteiger charge is -2.20. The molecule has 1 heterocycles. The molecule has 0 aromatic heterocycles. The van der Waals surface area contributed by atoms with Crippen LogP contribution >= 0.6 is 0 Å². The maximum absolute atomic E-state index is 11.9. The molecule has 6 nitrogen and oxygen atoms in total. The lowest BCUT2D eigenvalue weighted by Crippen LogP contribution is -2.41. The fourth-order valence-electron chi connectivity index (χ4n) is 1.63. The van der Waals surface area contributed by atoms with Gasteiger partial charge in [0.1, 0.15) is 6.04 Å². The molecule has 0 saturated carbocycles. The third kappa shape index (κ3) is 2.22. The molecule has 0 fully saturated rings. The molecule has 2 amide bonds. The Hall–Kier alpha value is -2.21. The Morgan fingerprint density at radius 2 is 1.63 bits per heavy atom. The number of likely N-dealkylation sites (N-methyl/N-ethyl adjacent to an activating group) is 1. The van der Waals surface area contributed by atoms with Gasteiger partial charge in [-0.25, -0.2) is 4.79 Å². The molecular formula is C13H14N2O4. The first kappa shape index (κ1) is 13.2. The van der Waals surface area contributed by atoms with Gasteiger partial charge in [0.05, 0.1) is 11.1 Å². The van der Waals surface area contributed by atoms with Crippen molar-refractivity contribution in [3.05, 3.63) is 35.4 Å². The number of carbonyl (C=O) groups excluding carboxylic acids is 3. The SMILES string of the molecule is C[C@H](C(=O)ON1C(=O)c2ccccc2C1=O)N(C)C. The van der Waals surface area contributed by atoms with Crippen LogP contribution in [0.5, 0.6) is 0 Å². The van der Waals surface area contributed by atoms with Crippen LogP contribution in [0.15, 0.2) is 24.3 Å². The van der Waals surface area contributed by atoms with Crippen LogP contribution in [0.4, 0.5) is 0 Å². The first-order valence-electron chi connectivity index (χ1n) is 5.79. The third-order valence-electron chi connectivity index (χ3n) is 3.05. The second-order valence-corrected chi connectivity index (χ2v) is 4.50. The summed E-state index contributed by atoms with van der Waals surface area (Å²) in [6, 6.07) is 5.80. The van der Waals surface area contributed by atoms with Gasteiger partial charge in [0, 0.05) is 0 Å². The van der Waals surface area contributed by atoms with E-state index in [9.17, 15) is 14.4 Å². The number of nitrogens with zero attached hydrogens (tertiary/aromatic N) is 2. The summed E-state index contributed by atoms with van der Waals surface area (Å²) in [7, 11) is 3.41. The van der Waals surface area contributed by atoms with E-state index >= 15 is 0 Å². The molecule has 1 aliphatic heterocycles. The number of imide groups is 1. The number of hydroxylamine groups is 2. The fraction of sp³-hybridized carbons (Fsp3) is 0.308. The maximum atomic E-state index is 11.9. The molecule has 19 heavy (non-hydrogen) atoms. The molecule has 0 aliphatic carbocycles. The van der Waals surface area contributed by atoms with Gasteiger partial charge in [0.25, 0.3) is 11.8 Å². The van der Waals surface area contributed by atoms with E-state index in [-0.39, 0.29) is 11.1 Å². The highest BCUT2D eigenvalue weighted by atomic mass is 16.7. The number of rotatable bonds is 3. The molecule has 1 aromatic rings. The maximum Gasteiger partial charge on any atom is 0.349 e. The average Bonchev–Trinajstić information content (AvgIpc) is 2.63. The van der Waals surface area contributed by atoms with Crippen LogP contribution in [0.1, 0.15) is 27.6 Å². The molecule has 100 valence electrons. The van der Waals surface area contributed by atoms with Crippen LogP contribution < -0.4 is 0 Å². The average molecular weight is 262 g/mol. The van der Waals surface area contributed by atoms with E-state index in [1.54, 1.807) is 38.1 Å². The van der Waals surface area contributed by atoms with Crippen LogP contribution in [-0.4, -0.2) is 47.9 Å². The quantitative estimate of drug-likeness (QED) is 0.750. The van der Waals surface area contributed by atoms with Crippen LogP contribution in [0.3, 0.4) is 0 Å². The van der Waals surface area contributed by atoms with Gasteiger partial charge >= 0.3 is 5.97 Å². The van der Waals surface area contributed by atoms with Crippen molar-refractivity contribution < 1.29 is 19.2 Å². The Labute approximate surface area is 110 Å². The summed E-state index contributed by atoms with van der Waals surface area (Å²) in [5.41, 5.74) is 0.496. The van der Waals surface area contributed by atoms with Gasteiger partial charge in [-0.2, -0.15) is 0 Å². The predicted octanol–water partition coefficient (Wildman–Crippen LogP) is 0.691. The lowest BCUT2D eigenvalue weighted by molar-refractivity contribution is -0.173. The van der Waals surface area contributed by atoms with Crippen molar-refractivity contribution in [1.29, 1.82) is 0 Å². The largest absolute Gasteiger partial charge is 0.349 e. The molecule has 0 saturated heterocycles. The Morgan fingerprint density at radius 3 is 2.05 bits per heavy atom. The zero-order valence-corrected chi connectivity index (χ0v) is 10.9.